The minimum absolute atomic E-state index is 0.527. The van der Waals surface area contributed by atoms with Crippen molar-refractivity contribution < 1.29 is 0 Å². The van der Waals surface area contributed by atoms with E-state index in [9.17, 15) is 0 Å². The Morgan fingerprint density at radius 1 is 1.29 bits per heavy atom. The third kappa shape index (κ3) is 4.86. The molecule has 0 amide bonds. The maximum absolute atomic E-state index is 6.11. The Bertz CT molecular complexity index is 600. The molecule has 2 N–H and O–H groups in total. The van der Waals surface area contributed by atoms with Crippen molar-refractivity contribution in [2.45, 2.75) is 27.2 Å². The second-order valence-corrected chi connectivity index (χ2v) is 5.77. The zero-order chi connectivity index (χ0) is 15.2. The van der Waals surface area contributed by atoms with E-state index < -0.39 is 0 Å². The quantitative estimate of drug-likeness (QED) is 0.843. The summed E-state index contributed by atoms with van der Waals surface area (Å²) in [6, 6.07) is 5.78. The van der Waals surface area contributed by atoms with Gasteiger partial charge in [0.1, 0.15) is 0 Å². The van der Waals surface area contributed by atoms with Gasteiger partial charge in [0.2, 0.25) is 5.95 Å². The summed E-state index contributed by atoms with van der Waals surface area (Å²) in [7, 11) is 0. The molecule has 0 fully saturated rings. The SMILES string of the molecule is Cc1ccc(Nc2cnnc(NCCC(C)C)n2)cc1Cl. The molecule has 0 saturated heterocycles. The summed E-state index contributed by atoms with van der Waals surface area (Å²) >= 11 is 6.11. The van der Waals surface area contributed by atoms with Crippen molar-refractivity contribution in [1.29, 1.82) is 0 Å². The number of nitrogens with zero attached hydrogens (tertiary/aromatic N) is 3. The topological polar surface area (TPSA) is 62.7 Å². The molecule has 0 aliphatic heterocycles. The van der Waals surface area contributed by atoms with Gasteiger partial charge in [-0.2, -0.15) is 10.1 Å². The van der Waals surface area contributed by atoms with E-state index in [4.69, 9.17) is 11.6 Å². The van der Waals surface area contributed by atoms with E-state index in [-0.39, 0.29) is 0 Å². The summed E-state index contributed by atoms with van der Waals surface area (Å²) < 4.78 is 0. The standard InChI is InChI=1S/C15H20ClN5/c1-10(2)6-7-17-15-20-14(9-18-21-15)19-12-5-4-11(3)13(16)8-12/h4-5,8-10H,6-7H2,1-3H3,(H2,17,19,20,21). The maximum atomic E-state index is 6.11. The first-order chi connectivity index (χ1) is 10.0. The van der Waals surface area contributed by atoms with Gasteiger partial charge in [-0.25, -0.2) is 0 Å². The molecule has 0 radical (unpaired) electrons. The van der Waals surface area contributed by atoms with E-state index in [1.165, 1.54) is 0 Å². The number of halogens is 1. The largest absolute Gasteiger partial charge is 0.353 e. The minimum atomic E-state index is 0.527. The van der Waals surface area contributed by atoms with Gasteiger partial charge in [0.05, 0.1) is 6.20 Å². The van der Waals surface area contributed by atoms with Crippen molar-refractivity contribution in [3.05, 3.63) is 35.0 Å². The zero-order valence-electron chi connectivity index (χ0n) is 12.5. The molecule has 0 bridgehead atoms. The fourth-order valence-electron chi connectivity index (χ4n) is 1.73. The van der Waals surface area contributed by atoms with Gasteiger partial charge < -0.3 is 10.6 Å². The van der Waals surface area contributed by atoms with Crippen LogP contribution in [0.4, 0.5) is 17.5 Å². The van der Waals surface area contributed by atoms with Crippen LogP contribution in [0, 0.1) is 12.8 Å². The Hall–Kier alpha value is -1.88. The molecule has 2 aromatic rings. The van der Waals surface area contributed by atoms with Crippen molar-refractivity contribution >= 4 is 29.1 Å². The zero-order valence-corrected chi connectivity index (χ0v) is 13.3. The van der Waals surface area contributed by atoms with E-state index in [2.05, 4.69) is 39.7 Å². The van der Waals surface area contributed by atoms with Crippen LogP contribution in [0.3, 0.4) is 0 Å². The van der Waals surface area contributed by atoms with Gasteiger partial charge in [-0.1, -0.05) is 31.5 Å². The van der Waals surface area contributed by atoms with Crippen LogP contribution >= 0.6 is 11.6 Å². The van der Waals surface area contributed by atoms with Gasteiger partial charge in [0.25, 0.3) is 0 Å². The van der Waals surface area contributed by atoms with Crippen LogP contribution in [0.5, 0.6) is 0 Å². The monoisotopic (exact) mass is 305 g/mol. The first kappa shape index (κ1) is 15.5. The van der Waals surface area contributed by atoms with Crippen LogP contribution in [0.15, 0.2) is 24.4 Å². The number of aromatic nitrogens is 3. The molecular weight excluding hydrogens is 286 g/mol. The third-order valence-corrected chi connectivity index (χ3v) is 3.42. The molecule has 112 valence electrons. The van der Waals surface area contributed by atoms with Crippen molar-refractivity contribution in [2.24, 2.45) is 5.92 Å². The summed E-state index contributed by atoms with van der Waals surface area (Å²) in [5, 5.41) is 15.0. The predicted molar refractivity (Wildman–Crippen MR) is 87.2 cm³/mol. The normalized spacial score (nSPS) is 10.7. The lowest BCUT2D eigenvalue weighted by molar-refractivity contribution is 0.605. The predicted octanol–water partition coefficient (Wildman–Crippen LogP) is 4.04. The first-order valence-electron chi connectivity index (χ1n) is 7.01. The molecular formula is C15H20ClN5. The summed E-state index contributed by atoms with van der Waals surface area (Å²) in [6.45, 7) is 7.16. The number of nitrogens with one attached hydrogen (secondary N) is 2. The first-order valence-corrected chi connectivity index (χ1v) is 7.39. The lowest BCUT2D eigenvalue weighted by Gasteiger charge is -2.09. The van der Waals surface area contributed by atoms with E-state index in [0.717, 1.165) is 29.2 Å². The second kappa shape index (κ2) is 7.22. The minimum Gasteiger partial charge on any atom is -0.353 e. The highest BCUT2D eigenvalue weighted by molar-refractivity contribution is 6.31. The van der Waals surface area contributed by atoms with Gasteiger partial charge >= 0.3 is 0 Å². The number of aryl methyl sites for hydroxylation is 1. The Labute approximate surface area is 130 Å². The molecule has 0 spiro atoms. The van der Waals surface area contributed by atoms with Crippen molar-refractivity contribution in [3.8, 4) is 0 Å². The number of rotatable bonds is 6. The fourth-order valence-corrected chi connectivity index (χ4v) is 1.91. The van der Waals surface area contributed by atoms with Crippen LogP contribution in [0.2, 0.25) is 5.02 Å². The fraction of sp³-hybridized carbons (Fsp3) is 0.400. The highest BCUT2D eigenvalue weighted by atomic mass is 35.5. The Morgan fingerprint density at radius 2 is 2.10 bits per heavy atom. The molecule has 5 nitrogen and oxygen atoms in total. The number of anilines is 3. The van der Waals surface area contributed by atoms with Crippen LogP contribution < -0.4 is 10.6 Å². The molecule has 0 saturated carbocycles. The van der Waals surface area contributed by atoms with Gasteiger partial charge in [-0.15, -0.1) is 5.10 Å². The van der Waals surface area contributed by atoms with Crippen LogP contribution in [-0.4, -0.2) is 21.7 Å². The Morgan fingerprint density at radius 3 is 2.81 bits per heavy atom. The molecule has 6 heteroatoms. The Balaban J connectivity index is 2.01. The van der Waals surface area contributed by atoms with Crippen LogP contribution in [-0.2, 0) is 0 Å². The van der Waals surface area contributed by atoms with Gasteiger partial charge in [0.15, 0.2) is 5.82 Å². The van der Waals surface area contributed by atoms with Crippen LogP contribution in [0.1, 0.15) is 25.8 Å². The summed E-state index contributed by atoms with van der Waals surface area (Å²) in [4.78, 5) is 4.38. The average molecular weight is 306 g/mol. The molecule has 21 heavy (non-hydrogen) atoms. The second-order valence-electron chi connectivity index (χ2n) is 5.36. The maximum Gasteiger partial charge on any atom is 0.244 e. The third-order valence-electron chi connectivity index (χ3n) is 3.01. The average Bonchev–Trinajstić information content (AvgIpc) is 2.43. The number of hydrogen-bond acceptors (Lipinski definition) is 5. The van der Waals surface area contributed by atoms with Gasteiger partial charge in [0, 0.05) is 17.3 Å². The highest BCUT2D eigenvalue weighted by Gasteiger charge is 2.03. The summed E-state index contributed by atoms with van der Waals surface area (Å²) in [5.74, 6) is 1.80. The number of hydrogen-bond donors (Lipinski definition) is 2. The molecule has 1 aromatic carbocycles. The van der Waals surface area contributed by atoms with Crippen molar-refractivity contribution in [1.82, 2.24) is 15.2 Å². The molecule has 0 unspecified atom stereocenters. The Kier molecular flexibility index (Phi) is 5.33. The van der Waals surface area contributed by atoms with E-state index in [1.807, 2.05) is 25.1 Å². The molecule has 1 heterocycles. The number of benzene rings is 1. The lowest BCUT2D eigenvalue weighted by Crippen LogP contribution is -2.09. The molecule has 1 aromatic heterocycles. The lowest BCUT2D eigenvalue weighted by atomic mass is 10.1. The smallest absolute Gasteiger partial charge is 0.244 e. The van der Waals surface area contributed by atoms with E-state index in [1.54, 1.807) is 6.20 Å². The van der Waals surface area contributed by atoms with Crippen molar-refractivity contribution in [2.75, 3.05) is 17.2 Å². The van der Waals surface area contributed by atoms with E-state index >= 15 is 0 Å². The molecule has 0 atom stereocenters. The van der Waals surface area contributed by atoms with E-state index in [0.29, 0.717) is 17.7 Å². The molecule has 0 aliphatic rings. The van der Waals surface area contributed by atoms with Crippen LogP contribution in [0.25, 0.3) is 0 Å². The summed E-state index contributed by atoms with van der Waals surface area (Å²) in [6.07, 6.45) is 2.65. The molecule has 2 rings (SSSR count). The van der Waals surface area contributed by atoms with Crippen molar-refractivity contribution in [3.63, 3.8) is 0 Å². The highest BCUT2D eigenvalue weighted by Crippen LogP contribution is 2.22. The van der Waals surface area contributed by atoms with Gasteiger partial charge in [-0.3, -0.25) is 0 Å². The summed E-state index contributed by atoms with van der Waals surface area (Å²) in [5.41, 5.74) is 1.92. The molecule has 0 aliphatic carbocycles. The van der Waals surface area contributed by atoms with Gasteiger partial charge in [-0.05, 0) is 37.0 Å².